The van der Waals surface area contributed by atoms with E-state index in [4.69, 9.17) is 4.42 Å². The highest BCUT2D eigenvalue weighted by Gasteiger charge is 2.20. The number of furan rings is 1. The summed E-state index contributed by atoms with van der Waals surface area (Å²) in [4.78, 5) is 2.41. The molecule has 0 aliphatic heterocycles. The van der Waals surface area contributed by atoms with Crippen LogP contribution in [0.2, 0.25) is 0 Å². The van der Waals surface area contributed by atoms with Crippen LogP contribution in [0.1, 0.15) is 5.56 Å². The van der Waals surface area contributed by atoms with Crippen LogP contribution in [0, 0.1) is 0 Å². The second-order valence-electron chi connectivity index (χ2n) is 15.0. The second kappa shape index (κ2) is 14.3. The van der Waals surface area contributed by atoms with E-state index in [-0.39, 0.29) is 0 Å². The minimum absolute atomic E-state index is 0.880. The number of aromatic nitrogens is 1. The predicted molar refractivity (Wildman–Crippen MR) is 250 cm³/mol. The Morgan fingerprint density at radius 3 is 1.90 bits per heavy atom. The topological polar surface area (TPSA) is 21.3 Å². The van der Waals surface area contributed by atoms with E-state index in [0.29, 0.717) is 0 Å². The molecule has 0 unspecified atom stereocenters. The van der Waals surface area contributed by atoms with E-state index in [9.17, 15) is 0 Å². The molecule has 11 aromatic rings. The van der Waals surface area contributed by atoms with Gasteiger partial charge in [0.1, 0.15) is 11.2 Å². The third kappa shape index (κ3) is 6.00. The van der Waals surface area contributed by atoms with Crippen molar-refractivity contribution < 1.29 is 4.42 Å². The summed E-state index contributed by atoms with van der Waals surface area (Å²) in [6, 6.07) is 72.1. The lowest BCUT2D eigenvalue weighted by Crippen LogP contribution is -2.12. The van der Waals surface area contributed by atoms with E-state index in [2.05, 4.69) is 222 Å². The zero-order valence-corrected chi connectivity index (χ0v) is 32.3. The summed E-state index contributed by atoms with van der Waals surface area (Å²) in [5.74, 6) is 0. The number of hydrogen-bond donors (Lipinski definition) is 0. The van der Waals surface area contributed by atoms with Crippen molar-refractivity contribution in [2.75, 3.05) is 4.90 Å². The van der Waals surface area contributed by atoms with E-state index in [0.717, 1.165) is 72.5 Å². The Labute approximate surface area is 342 Å². The standard InChI is InChI=1S/C56H38N2O/c1-2-3-15-38-16-12-19-39(32-38)40-20-13-21-44(33-40)57(45-22-14-23-46(37-45)58-53-28-10-7-25-48(53)49-26-8-11-29-54(49)58)52-27-9-6-24-47(52)43-30-31-55-50(35-43)51-34-41-17-4-5-18-42(41)36-56(51)59-55/h2-37H,1H2/b15-3-. The van der Waals surface area contributed by atoms with Gasteiger partial charge in [-0.15, -0.1) is 0 Å². The van der Waals surface area contributed by atoms with Crippen molar-refractivity contribution in [3.63, 3.8) is 0 Å². The molecule has 0 radical (unpaired) electrons. The lowest BCUT2D eigenvalue weighted by Gasteiger charge is -2.29. The van der Waals surface area contributed by atoms with Crippen molar-refractivity contribution in [2.45, 2.75) is 0 Å². The SMILES string of the molecule is C=C/C=C\c1cccc(-c2cccc(N(c3cccc(-n4c5ccccc5c5ccccc54)c3)c3ccccc3-c3ccc4oc5cc6ccccc6cc5c4c3)c2)c1. The molecule has 0 fully saturated rings. The molecule has 0 atom stereocenters. The van der Waals surface area contributed by atoms with Gasteiger partial charge < -0.3 is 13.9 Å². The lowest BCUT2D eigenvalue weighted by molar-refractivity contribution is 0.669. The van der Waals surface area contributed by atoms with E-state index in [1.165, 1.54) is 32.6 Å². The molecule has 9 aromatic carbocycles. The Kier molecular flexibility index (Phi) is 8.30. The Balaban J connectivity index is 1.12. The summed E-state index contributed by atoms with van der Waals surface area (Å²) in [5, 5.41) is 7.07. The van der Waals surface area contributed by atoms with Crippen molar-refractivity contribution >= 4 is 77.7 Å². The van der Waals surface area contributed by atoms with Crippen molar-refractivity contribution in [3.05, 3.63) is 224 Å². The highest BCUT2D eigenvalue weighted by Crippen LogP contribution is 2.44. The van der Waals surface area contributed by atoms with E-state index < -0.39 is 0 Å². The fraction of sp³-hybridized carbons (Fsp3) is 0. The van der Waals surface area contributed by atoms with Crippen LogP contribution in [0.15, 0.2) is 223 Å². The maximum atomic E-state index is 6.44. The van der Waals surface area contributed by atoms with Gasteiger partial charge in [0.2, 0.25) is 0 Å². The first-order valence-electron chi connectivity index (χ1n) is 20.0. The van der Waals surface area contributed by atoms with Gasteiger partial charge in [-0.2, -0.15) is 0 Å². The van der Waals surface area contributed by atoms with Gasteiger partial charge in [0.05, 0.1) is 16.7 Å². The number of nitrogens with zero attached hydrogens (tertiary/aromatic N) is 2. The number of allylic oxidation sites excluding steroid dienone is 2. The number of anilines is 3. The fourth-order valence-corrected chi connectivity index (χ4v) is 8.77. The zero-order chi connectivity index (χ0) is 39.3. The lowest BCUT2D eigenvalue weighted by atomic mass is 9.98. The summed E-state index contributed by atoms with van der Waals surface area (Å²) in [5.41, 5.74) is 14.1. The van der Waals surface area contributed by atoms with Crippen LogP contribution in [-0.2, 0) is 0 Å². The number of para-hydroxylation sites is 3. The van der Waals surface area contributed by atoms with Crippen LogP contribution < -0.4 is 4.90 Å². The molecule has 0 spiro atoms. The molecule has 0 bridgehead atoms. The van der Waals surface area contributed by atoms with Crippen molar-refractivity contribution in [1.29, 1.82) is 0 Å². The van der Waals surface area contributed by atoms with Crippen LogP contribution in [0.25, 0.3) is 88.5 Å². The van der Waals surface area contributed by atoms with Gasteiger partial charge >= 0.3 is 0 Å². The molecule has 278 valence electrons. The summed E-state index contributed by atoms with van der Waals surface area (Å²) in [6.45, 7) is 3.86. The third-order valence-corrected chi connectivity index (χ3v) is 11.5. The van der Waals surface area contributed by atoms with E-state index in [1.807, 2.05) is 12.2 Å². The number of rotatable bonds is 8. The zero-order valence-electron chi connectivity index (χ0n) is 32.3. The Morgan fingerprint density at radius 1 is 0.458 bits per heavy atom. The van der Waals surface area contributed by atoms with E-state index >= 15 is 0 Å². The van der Waals surface area contributed by atoms with Crippen LogP contribution in [-0.4, -0.2) is 4.57 Å². The quantitative estimate of drug-likeness (QED) is 0.144. The average molecular weight is 755 g/mol. The highest BCUT2D eigenvalue weighted by molar-refractivity contribution is 6.12. The first-order chi connectivity index (χ1) is 29.2. The molecule has 0 N–H and O–H groups in total. The minimum Gasteiger partial charge on any atom is -0.456 e. The second-order valence-corrected chi connectivity index (χ2v) is 15.0. The first-order valence-corrected chi connectivity index (χ1v) is 20.0. The van der Waals surface area contributed by atoms with Crippen LogP contribution in [0.5, 0.6) is 0 Å². The molecule has 0 aliphatic rings. The van der Waals surface area contributed by atoms with E-state index in [1.54, 1.807) is 0 Å². The van der Waals surface area contributed by atoms with Crippen molar-refractivity contribution in [3.8, 4) is 27.9 Å². The molecule has 2 aromatic heterocycles. The van der Waals surface area contributed by atoms with Gasteiger partial charge in [-0.25, -0.2) is 0 Å². The number of hydrogen-bond acceptors (Lipinski definition) is 2. The first kappa shape index (κ1) is 34.4. The average Bonchev–Trinajstić information content (AvgIpc) is 3.83. The van der Waals surface area contributed by atoms with Crippen LogP contribution in [0.4, 0.5) is 17.1 Å². The Bertz CT molecular complexity index is 3380. The molecule has 3 heteroatoms. The Hall–Kier alpha value is -7.88. The maximum Gasteiger partial charge on any atom is 0.136 e. The summed E-state index contributed by atoms with van der Waals surface area (Å²) in [6.07, 6.45) is 5.88. The summed E-state index contributed by atoms with van der Waals surface area (Å²) < 4.78 is 8.83. The van der Waals surface area contributed by atoms with Gasteiger partial charge in [-0.05, 0) is 112 Å². The van der Waals surface area contributed by atoms with Gasteiger partial charge in [-0.1, -0.05) is 146 Å². The molecule has 0 aliphatic carbocycles. The predicted octanol–water partition coefficient (Wildman–Crippen LogP) is 15.8. The van der Waals surface area contributed by atoms with Gasteiger partial charge in [0.15, 0.2) is 0 Å². The minimum atomic E-state index is 0.880. The molecule has 59 heavy (non-hydrogen) atoms. The highest BCUT2D eigenvalue weighted by atomic mass is 16.3. The molecule has 0 amide bonds. The largest absolute Gasteiger partial charge is 0.456 e. The maximum absolute atomic E-state index is 6.44. The van der Waals surface area contributed by atoms with Crippen LogP contribution >= 0.6 is 0 Å². The van der Waals surface area contributed by atoms with Gasteiger partial charge in [-0.3, -0.25) is 0 Å². The van der Waals surface area contributed by atoms with Crippen molar-refractivity contribution in [1.82, 2.24) is 4.57 Å². The summed E-state index contributed by atoms with van der Waals surface area (Å²) in [7, 11) is 0. The monoisotopic (exact) mass is 754 g/mol. The van der Waals surface area contributed by atoms with Gasteiger partial charge in [0.25, 0.3) is 0 Å². The van der Waals surface area contributed by atoms with Gasteiger partial charge in [0, 0.05) is 44.2 Å². The van der Waals surface area contributed by atoms with Crippen molar-refractivity contribution in [2.24, 2.45) is 0 Å². The number of benzene rings is 9. The molecule has 0 saturated carbocycles. The van der Waals surface area contributed by atoms with Crippen LogP contribution in [0.3, 0.4) is 0 Å². The molecule has 0 saturated heterocycles. The summed E-state index contributed by atoms with van der Waals surface area (Å²) >= 11 is 0. The third-order valence-electron chi connectivity index (χ3n) is 11.5. The fourth-order valence-electron chi connectivity index (χ4n) is 8.77. The Morgan fingerprint density at radius 2 is 1.10 bits per heavy atom. The molecule has 11 rings (SSSR count). The smallest absolute Gasteiger partial charge is 0.136 e. The number of fused-ring (bicyclic) bond motifs is 7. The normalized spacial score (nSPS) is 11.7. The molecular formula is C56H38N2O. The molecule has 3 nitrogen and oxygen atoms in total. The molecular weight excluding hydrogens is 717 g/mol. The molecule has 2 heterocycles.